The van der Waals surface area contributed by atoms with E-state index < -0.39 is 5.97 Å². The van der Waals surface area contributed by atoms with Gasteiger partial charge >= 0.3 is 5.97 Å². The first-order chi connectivity index (χ1) is 12.7. The van der Waals surface area contributed by atoms with Gasteiger partial charge in [-0.3, -0.25) is 0 Å². The molecule has 8 heteroatoms. The Morgan fingerprint density at radius 2 is 2.12 bits per heavy atom. The van der Waals surface area contributed by atoms with E-state index in [1.165, 1.54) is 6.33 Å². The molecule has 1 N–H and O–H groups in total. The van der Waals surface area contributed by atoms with Crippen molar-refractivity contribution in [2.45, 2.75) is 13.8 Å². The largest absolute Gasteiger partial charge is 0.493 e. The van der Waals surface area contributed by atoms with E-state index in [9.17, 15) is 4.79 Å². The first-order valence-corrected chi connectivity index (χ1v) is 8.29. The van der Waals surface area contributed by atoms with Crippen molar-refractivity contribution in [2.24, 2.45) is 0 Å². The van der Waals surface area contributed by atoms with Crippen LogP contribution in [0.1, 0.15) is 24.2 Å². The molecule has 0 bridgehead atoms. The van der Waals surface area contributed by atoms with Gasteiger partial charge in [0.1, 0.15) is 28.9 Å². The number of carbonyl (C=O) groups is 1. The summed E-state index contributed by atoms with van der Waals surface area (Å²) in [4.78, 5) is 23.9. The van der Waals surface area contributed by atoms with Crippen LogP contribution in [0.25, 0.3) is 22.3 Å². The zero-order valence-corrected chi connectivity index (χ0v) is 14.4. The Balaban J connectivity index is 1.93. The fourth-order valence-electron chi connectivity index (χ4n) is 2.95. The second-order valence-corrected chi connectivity index (χ2v) is 5.47. The first-order valence-electron chi connectivity index (χ1n) is 8.29. The summed E-state index contributed by atoms with van der Waals surface area (Å²) in [7, 11) is 0. The van der Waals surface area contributed by atoms with Crippen LogP contribution in [0.15, 0.2) is 24.7 Å². The third-order valence-electron chi connectivity index (χ3n) is 4.00. The van der Waals surface area contributed by atoms with E-state index >= 15 is 0 Å². The van der Waals surface area contributed by atoms with Crippen LogP contribution in [0.4, 0.5) is 0 Å². The second kappa shape index (κ2) is 6.55. The second-order valence-electron chi connectivity index (χ2n) is 5.47. The van der Waals surface area contributed by atoms with E-state index in [0.717, 1.165) is 0 Å². The molecule has 26 heavy (non-hydrogen) atoms. The molecule has 2 aromatic heterocycles. The molecule has 3 heterocycles. The van der Waals surface area contributed by atoms with E-state index in [1.54, 1.807) is 19.2 Å². The zero-order chi connectivity index (χ0) is 18.1. The van der Waals surface area contributed by atoms with Crippen molar-refractivity contribution in [3.63, 3.8) is 0 Å². The normalized spacial score (nSPS) is 12.4. The quantitative estimate of drug-likeness (QED) is 0.703. The molecular weight excluding hydrogens is 338 g/mol. The van der Waals surface area contributed by atoms with Gasteiger partial charge in [0.25, 0.3) is 0 Å². The molecule has 0 spiro atoms. The highest BCUT2D eigenvalue weighted by Crippen LogP contribution is 2.47. The molecular formula is C18H17N3O5. The summed E-state index contributed by atoms with van der Waals surface area (Å²) in [6, 6.07) is 3.61. The number of fused-ring (bicyclic) bond motifs is 2. The maximum Gasteiger partial charge on any atom is 0.341 e. The van der Waals surface area contributed by atoms with E-state index in [2.05, 4.69) is 15.0 Å². The lowest BCUT2D eigenvalue weighted by molar-refractivity contribution is 0.0528. The minimum Gasteiger partial charge on any atom is -0.493 e. The summed E-state index contributed by atoms with van der Waals surface area (Å²) in [5, 5.41) is 0. The Morgan fingerprint density at radius 3 is 2.92 bits per heavy atom. The van der Waals surface area contributed by atoms with Crippen LogP contribution in [-0.2, 0) is 4.74 Å². The SMILES string of the molecule is CCOC(=O)c1c[nH]c2c(-c3c(OCC)ccc4c3OCO4)ncnc12. The lowest BCUT2D eigenvalue weighted by Gasteiger charge is -2.12. The van der Waals surface area contributed by atoms with Crippen molar-refractivity contribution in [1.29, 1.82) is 0 Å². The number of hydrogen-bond acceptors (Lipinski definition) is 7. The molecule has 0 unspecified atom stereocenters. The molecule has 8 nitrogen and oxygen atoms in total. The fourth-order valence-corrected chi connectivity index (χ4v) is 2.95. The average Bonchev–Trinajstić information content (AvgIpc) is 3.28. The van der Waals surface area contributed by atoms with E-state index in [-0.39, 0.29) is 13.4 Å². The Kier molecular flexibility index (Phi) is 4.08. The Morgan fingerprint density at radius 1 is 1.23 bits per heavy atom. The smallest absolute Gasteiger partial charge is 0.341 e. The van der Waals surface area contributed by atoms with Crippen LogP contribution in [0.5, 0.6) is 17.2 Å². The number of benzene rings is 1. The number of ether oxygens (including phenoxy) is 4. The van der Waals surface area contributed by atoms with E-state index in [4.69, 9.17) is 18.9 Å². The predicted molar refractivity (Wildman–Crippen MR) is 92.6 cm³/mol. The highest BCUT2D eigenvalue weighted by atomic mass is 16.7. The number of H-pyrrole nitrogens is 1. The van der Waals surface area contributed by atoms with Crippen molar-refractivity contribution < 1.29 is 23.7 Å². The summed E-state index contributed by atoms with van der Waals surface area (Å²) in [5.74, 6) is 1.35. The van der Waals surface area contributed by atoms with Gasteiger partial charge in [-0.05, 0) is 26.0 Å². The monoisotopic (exact) mass is 355 g/mol. The highest BCUT2D eigenvalue weighted by molar-refractivity contribution is 6.06. The molecule has 0 atom stereocenters. The zero-order valence-electron chi connectivity index (χ0n) is 14.4. The minimum atomic E-state index is -0.439. The Bertz CT molecular complexity index is 982. The van der Waals surface area contributed by atoms with Gasteiger partial charge in [-0.25, -0.2) is 14.8 Å². The first kappa shape index (κ1) is 16.2. The summed E-state index contributed by atoms with van der Waals surface area (Å²) in [6.45, 7) is 4.56. The molecule has 3 aromatic rings. The van der Waals surface area contributed by atoms with Gasteiger partial charge in [-0.2, -0.15) is 0 Å². The van der Waals surface area contributed by atoms with Crippen LogP contribution in [0.3, 0.4) is 0 Å². The highest BCUT2D eigenvalue weighted by Gasteiger charge is 2.27. The molecule has 134 valence electrons. The third kappa shape index (κ3) is 2.50. The van der Waals surface area contributed by atoms with Crippen LogP contribution in [0, 0.1) is 0 Å². The van der Waals surface area contributed by atoms with Crippen LogP contribution < -0.4 is 14.2 Å². The van der Waals surface area contributed by atoms with Crippen molar-refractivity contribution in [3.05, 3.63) is 30.2 Å². The summed E-state index contributed by atoms with van der Waals surface area (Å²) in [5.41, 5.74) is 2.66. The number of nitrogens with zero attached hydrogens (tertiary/aromatic N) is 2. The maximum atomic E-state index is 12.2. The summed E-state index contributed by atoms with van der Waals surface area (Å²) >= 11 is 0. The Labute approximate surface area is 149 Å². The molecule has 1 aliphatic heterocycles. The molecule has 0 aliphatic carbocycles. The van der Waals surface area contributed by atoms with Crippen molar-refractivity contribution in [3.8, 4) is 28.5 Å². The number of nitrogens with one attached hydrogen (secondary N) is 1. The third-order valence-corrected chi connectivity index (χ3v) is 4.00. The lowest BCUT2D eigenvalue weighted by atomic mass is 10.1. The topological polar surface area (TPSA) is 95.6 Å². The van der Waals surface area contributed by atoms with Crippen LogP contribution >= 0.6 is 0 Å². The average molecular weight is 355 g/mol. The van der Waals surface area contributed by atoms with Gasteiger partial charge < -0.3 is 23.9 Å². The molecule has 1 aromatic carbocycles. The molecule has 0 amide bonds. The molecule has 0 fully saturated rings. The summed E-state index contributed by atoms with van der Waals surface area (Å²) in [6.07, 6.45) is 2.97. The number of rotatable bonds is 5. The van der Waals surface area contributed by atoms with Crippen molar-refractivity contribution in [1.82, 2.24) is 15.0 Å². The maximum absolute atomic E-state index is 12.2. The van der Waals surface area contributed by atoms with Gasteiger partial charge in [0, 0.05) is 6.20 Å². The minimum absolute atomic E-state index is 0.130. The molecule has 0 radical (unpaired) electrons. The standard InChI is InChI=1S/C18H17N3O5/c1-3-23-11-5-6-12-17(26-9-25-12)13(11)15-16-14(20-8-21-15)10(7-19-16)18(22)24-4-2/h5-8,19H,3-4,9H2,1-2H3. The van der Waals surface area contributed by atoms with Gasteiger partial charge in [0.2, 0.25) is 6.79 Å². The van der Waals surface area contributed by atoms with Crippen molar-refractivity contribution in [2.75, 3.05) is 20.0 Å². The van der Waals surface area contributed by atoms with Gasteiger partial charge in [-0.1, -0.05) is 0 Å². The molecule has 4 rings (SSSR count). The summed E-state index contributed by atoms with van der Waals surface area (Å²) < 4.78 is 22.0. The van der Waals surface area contributed by atoms with E-state index in [1.807, 2.05) is 13.0 Å². The van der Waals surface area contributed by atoms with E-state index in [0.29, 0.717) is 51.7 Å². The van der Waals surface area contributed by atoms with Crippen molar-refractivity contribution >= 4 is 17.0 Å². The van der Waals surface area contributed by atoms with Gasteiger partial charge in [-0.15, -0.1) is 0 Å². The Hall–Kier alpha value is -3.29. The molecule has 0 saturated heterocycles. The lowest BCUT2D eigenvalue weighted by Crippen LogP contribution is -2.04. The molecule has 1 aliphatic rings. The number of hydrogen-bond donors (Lipinski definition) is 1. The molecule has 0 saturated carbocycles. The number of aromatic amines is 1. The predicted octanol–water partition coefficient (Wildman–Crippen LogP) is 2.93. The fraction of sp³-hybridized carbons (Fsp3) is 0.278. The van der Waals surface area contributed by atoms with Crippen LogP contribution in [-0.4, -0.2) is 40.9 Å². The van der Waals surface area contributed by atoms with Crippen LogP contribution in [0.2, 0.25) is 0 Å². The van der Waals surface area contributed by atoms with Gasteiger partial charge in [0.05, 0.1) is 24.3 Å². The number of aromatic nitrogens is 3. The number of esters is 1. The number of carbonyl (C=O) groups excluding carboxylic acids is 1. The van der Waals surface area contributed by atoms with Gasteiger partial charge in [0.15, 0.2) is 11.5 Å².